The van der Waals surface area contributed by atoms with Crippen molar-refractivity contribution in [3.8, 4) is 5.75 Å². The maximum atomic E-state index is 12.4. The molecule has 1 atom stereocenters. The first-order valence-electron chi connectivity index (χ1n) is 6.09. The fourth-order valence-electron chi connectivity index (χ4n) is 2.17. The number of sulfone groups is 1. The van der Waals surface area contributed by atoms with Crippen molar-refractivity contribution in [2.24, 2.45) is 0 Å². The third-order valence-electron chi connectivity index (χ3n) is 3.46. The Hall–Kier alpha value is -1.12. The van der Waals surface area contributed by atoms with Gasteiger partial charge in [0.2, 0.25) is 10.0 Å². The summed E-state index contributed by atoms with van der Waals surface area (Å²) in [4.78, 5) is 0.130. The summed E-state index contributed by atoms with van der Waals surface area (Å²) in [6, 6.07) is 5.53. The van der Waals surface area contributed by atoms with Crippen molar-refractivity contribution >= 4 is 19.9 Å². The molecule has 1 fully saturated rings. The van der Waals surface area contributed by atoms with E-state index in [1.807, 2.05) is 0 Å². The summed E-state index contributed by atoms with van der Waals surface area (Å²) in [5.74, 6) is 0.494. The largest absolute Gasteiger partial charge is 0.497 e. The first-order valence-corrected chi connectivity index (χ1v) is 9.35. The van der Waals surface area contributed by atoms with Gasteiger partial charge in [-0.25, -0.2) is 16.8 Å². The predicted octanol–water partition coefficient (Wildman–Crippen LogP) is 0.503. The van der Waals surface area contributed by atoms with Crippen molar-refractivity contribution in [3.63, 3.8) is 0 Å². The average molecular weight is 319 g/mol. The van der Waals surface area contributed by atoms with E-state index in [1.165, 1.54) is 26.3 Å². The van der Waals surface area contributed by atoms with Gasteiger partial charge in [0.1, 0.15) is 5.75 Å². The van der Waals surface area contributed by atoms with Crippen LogP contribution in [0.3, 0.4) is 0 Å². The van der Waals surface area contributed by atoms with Gasteiger partial charge in [0.05, 0.1) is 23.5 Å². The van der Waals surface area contributed by atoms with Crippen molar-refractivity contribution in [1.82, 2.24) is 4.31 Å². The topological polar surface area (TPSA) is 80.8 Å². The van der Waals surface area contributed by atoms with Gasteiger partial charge in [0, 0.05) is 13.1 Å². The third kappa shape index (κ3) is 2.97. The van der Waals surface area contributed by atoms with Crippen LogP contribution in [0, 0.1) is 0 Å². The van der Waals surface area contributed by atoms with Crippen molar-refractivity contribution in [3.05, 3.63) is 24.3 Å². The fourth-order valence-corrected chi connectivity index (χ4v) is 5.43. The summed E-state index contributed by atoms with van der Waals surface area (Å²) in [5, 5.41) is 0. The van der Waals surface area contributed by atoms with Gasteiger partial charge in [-0.1, -0.05) is 0 Å². The first-order chi connectivity index (χ1) is 9.26. The van der Waals surface area contributed by atoms with Crippen LogP contribution >= 0.6 is 0 Å². The summed E-state index contributed by atoms with van der Waals surface area (Å²) in [7, 11) is -3.88. The second kappa shape index (κ2) is 5.34. The minimum Gasteiger partial charge on any atom is -0.497 e. The molecule has 1 aliphatic heterocycles. The molecule has 1 saturated heterocycles. The number of sulfonamides is 1. The summed E-state index contributed by atoms with van der Waals surface area (Å²) in [6.45, 7) is 0. The quantitative estimate of drug-likeness (QED) is 0.807. The number of nitrogens with zero attached hydrogens (tertiary/aromatic N) is 1. The fraction of sp³-hybridized carbons (Fsp3) is 0.500. The lowest BCUT2D eigenvalue weighted by atomic mass is 10.3. The van der Waals surface area contributed by atoms with E-state index in [4.69, 9.17) is 4.74 Å². The summed E-state index contributed by atoms with van der Waals surface area (Å²) in [6.07, 6.45) is 0.341. The second-order valence-electron chi connectivity index (χ2n) is 4.75. The van der Waals surface area contributed by atoms with Crippen molar-refractivity contribution < 1.29 is 21.6 Å². The van der Waals surface area contributed by atoms with Gasteiger partial charge in [-0.05, 0) is 30.7 Å². The molecule has 0 radical (unpaired) electrons. The predicted molar refractivity (Wildman–Crippen MR) is 75.0 cm³/mol. The second-order valence-corrected chi connectivity index (χ2v) is 8.98. The maximum absolute atomic E-state index is 12.4. The molecule has 2 rings (SSSR count). The van der Waals surface area contributed by atoms with Gasteiger partial charge >= 0.3 is 0 Å². The smallest absolute Gasteiger partial charge is 0.243 e. The summed E-state index contributed by atoms with van der Waals surface area (Å²) >= 11 is 0. The SMILES string of the molecule is COc1ccc(S(=O)(=O)N(C)[C@H]2CCS(=O)(=O)C2)cc1. The number of hydrogen-bond acceptors (Lipinski definition) is 5. The average Bonchev–Trinajstić information content (AvgIpc) is 2.78. The lowest BCUT2D eigenvalue weighted by Crippen LogP contribution is -2.37. The summed E-state index contributed by atoms with van der Waals surface area (Å²) < 4.78 is 53.9. The van der Waals surface area contributed by atoms with Crippen LogP contribution in [0.1, 0.15) is 6.42 Å². The van der Waals surface area contributed by atoms with Gasteiger partial charge in [-0.15, -0.1) is 0 Å². The number of methoxy groups -OCH3 is 1. The number of rotatable bonds is 4. The molecule has 0 unspecified atom stereocenters. The molecule has 6 nitrogen and oxygen atoms in total. The lowest BCUT2D eigenvalue weighted by molar-refractivity contribution is 0.393. The first kappa shape index (κ1) is 15.3. The Kier molecular flexibility index (Phi) is 4.08. The van der Waals surface area contributed by atoms with Crippen LogP contribution in [-0.2, 0) is 19.9 Å². The summed E-state index contributed by atoms with van der Waals surface area (Å²) in [5.41, 5.74) is 0. The Morgan fingerprint density at radius 2 is 1.85 bits per heavy atom. The van der Waals surface area contributed by atoms with Gasteiger partial charge in [0.15, 0.2) is 9.84 Å². The highest BCUT2D eigenvalue weighted by atomic mass is 32.2. The molecule has 112 valence electrons. The van der Waals surface area contributed by atoms with Crippen molar-refractivity contribution in [2.75, 3.05) is 25.7 Å². The van der Waals surface area contributed by atoms with E-state index in [0.717, 1.165) is 4.31 Å². The molecule has 1 aromatic carbocycles. The Bertz CT molecular complexity index is 679. The zero-order valence-electron chi connectivity index (χ0n) is 11.3. The molecule has 0 saturated carbocycles. The van der Waals surface area contributed by atoms with Crippen LogP contribution in [-0.4, -0.2) is 52.8 Å². The van der Waals surface area contributed by atoms with Crippen LogP contribution in [0.4, 0.5) is 0 Å². The number of ether oxygens (including phenoxy) is 1. The minimum absolute atomic E-state index is 0.0418. The lowest BCUT2D eigenvalue weighted by Gasteiger charge is -2.22. The maximum Gasteiger partial charge on any atom is 0.243 e. The van der Waals surface area contributed by atoms with E-state index in [9.17, 15) is 16.8 Å². The highest BCUT2D eigenvalue weighted by Gasteiger charge is 2.36. The van der Waals surface area contributed by atoms with E-state index in [0.29, 0.717) is 12.2 Å². The van der Waals surface area contributed by atoms with Gasteiger partial charge < -0.3 is 4.74 Å². The van der Waals surface area contributed by atoms with E-state index in [2.05, 4.69) is 0 Å². The molecule has 20 heavy (non-hydrogen) atoms. The molecule has 0 spiro atoms. The number of benzene rings is 1. The Morgan fingerprint density at radius 3 is 2.30 bits per heavy atom. The van der Waals surface area contributed by atoms with E-state index >= 15 is 0 Å². The van der Waals surface area contributed by atoms with Crippen molar-refractivity contribution in [2.45, 2.75) is 17.4 Å². The van der Waals surface area contributed by atoms with Crippen LogP contribution in [0.25, 0.3) is 0 Å². The van der Waals surface area contributed by atoms with Gasteiger partial charge in [0.25, 0.3) is 0 Å². The van der Waals surface area contributed by atoms with Crippen LogP contribution in [0.2, 0.25) is 0 Å². The van der Waals surface area contributed by atoms with Crippen molar-refractivity contribution in [1.29, 1.82) is 0 Å². The monoisotopic (exact) mass is 319 g/mol. The molecule has 8 heteroatoms. The van der Waals surface area contributed by atoms with Crippen LogP contribution < -0.4 is 4.74 Å². The zero-order chi connectivity index (χ0) is 15.0. The molecule has 0 N–H and O–H groups in total. The molecule has 0 aliphatic carbocycles. The Labute approximate surface area is 119 Å². The molecule has 0 aromatic heterocycles. The van der Waals surface area contributed by atoms with Gasteiger partial charge in [-0.2, -0.15) is 4.31 Å². The molecular weight excluding hydrogens is 302 g/mol. The molecular formula is C12H17NO5S2. The molecule has 0 bridgehead atoms. The Balaban J connectivity index is 2.25. The molecule has 1 aliphatic rings. The van der Waals surface area contributed by atoms with E-state index in [1.54, 1.807) is 12.1 Å². The minimum atomic E-state index is -3.68. The molecule has 1 aromatic rings. The number of hydrogen-bond donors (Lipinski definition) is 0. The standard InChI is InChI=1S/C12H17NO5S2/c1-13(10-7-8-19(14,15)9-10)20(16,17)12-5-3-11(18-2)4-6-12/h3-6,10H,7-9H2,1-2H3/t10-/m0/s1. The van der Waals surface area contributed by atoms with Crippen LogP contribution in [0.15, 0.2) is 29.2 Å². The normalized spacial score (nSPS) is 22.1. The van der Waals surface area contributed by atoms with Gasteiger partial charge in [-0.3, -0.25) is 0 Å². The van der Waals surface area contributed by atoms with E-state index in [-0.39, 0.29) is 16.4 Å². The van der Waals surface area contributed by atoms with Crippen LogP contribution in [0.5, 0.6) is 5.75 Å². The Morgan fingerprint density at radius 1 is 1.25 bits per heavy atom. The zero-order valence-corrected chi connectivity index (χ0v) is 12.9. The molecule has 1 heterocycles. The highest BCUT2D eigenvalue weighted by Crippen LogP contribution is 2.24. The highest BCUT2D eigenvalue weighted by molar-refractivity contribution is 7.92. The molecule has 0 amide bonds. The third-order valence-corrected chi connectivity index (χ3v) is 7.13. The van der Waals surface area contributed by atoms with E-state index < -0.39 is 25.9 Å².